The van der Waals surface area contributed by atoms with Gasteiger partial charge in [0.15, 0.2) is 0 Å². The molecule has 0 amide bonds. The van der Waals surface area contributed by atoms with Crippen molar-refractivity contribution in [2.24, 2.45) is 0 Å². The molecule has 0 aliphatic rings. The van der Waals surface area contributed by atoms with Gasteiger partial charge in [0.2, 0.25) is 0 Å². The Hall–Kier alpha value is -0.980. The molecule has 2 radical (unpaired) electrons. The molecule has 1 aromatic carbocycles. The summed E-state index contributed by atoms with van der Waals surface area (Å²) in [5.41, 5.74) is 1.32. The van der Waals surface area contributed by atoms with E-state index in [1.165, 1.54) is 5.56 Å². The van der Waals surface area contributed by atoms with Crippen molar-refractivity contribution in [2.45, 2.75) is 19.3 Å². The average Bonchev–Trinajstić information content (AvgIpc) is 2.15. The maximum atomic E-state index is 5.41. The van der Waals surface area contributed by atoms with Crippen molar-refractivity contribution in [1.29, 1.82) is 0 Å². The molecule has 0 heterocycles. The number of rotatable bonds is 4. The SMILES string of the molecule is [CH]CCCc1ccc(OC)cc1. The van der Waals surface area contributed by atoms with Crippen LogP contribution in [0.3, 0.4) is 0 Å². The topological polar surface area (TPSA) is 9.23 Å². The molecule has 0 aromatic heterocycles. The van der Waals surface area contributed by atoms with E-state index in [1.807, 2.05) is 12.1 Å². The first-order chi connectivity index (χ1) is 5.86. The Labute approximate surface area is 74.4 Å². The third-order valence-electron chi connectivity index (χ3n) is 1.83. The first-order valence-electron chi connectivity index (χ1n) is 4.20. The fourth-order valence-corrected chi connectivity index (χ4v) is 1.10. The first kappa shape index (κ1) is 9.11. The molecule has 12 heavy (non-hydrogen) atoms. The van der Waals surface area contributed by atoms with Gasteiger partial charge in [0.1, 0.15) is 5.75 Å². The van der Waals surface area contributed by atoms with E-state index >= 15 is 0 Å². The van der Waals surface area contributed by atoms with Crippen LogP contribution in [0.2, 0.25) is 0 Å². The molecule has 0 saturated carbocycles. The van der Waals surface area contributed by atoms with Crippen LogP contribution in [-0.4, -0.2) is 7.11 Å². The minimum atomic E-state index is 0.756. The van der Waals surface area contributed by atoms with Gasteiger partial charge in [-0.3, -0.25) is 0 Å². The summed E-state index contributed by atoms with van der Waals surface area (Å²) in [7, 11) is 1.68. The highest BCUT2D eigenvalue weighted by Gasteiger charge is 1.92. The molecule has 64 valence electrons. The summed E-state index contributed by atoms with van der Waals surface area (Å²) in [6.45, 7) is 5.41. The van der Waals surface area contributed by atoms with Gasteiger partial charge in [-0.25, -0.2) is 0 Å². The largest absolute Gasteiger partial charge is 0.497 e. The Morgan fingerprint density at radius 1 is 1.25 bits per heavy atom. The molecule has 1 heteroatoms. The number of unbranched alkanes of at least 4 members (excludes halogenated alkanes) is 1. The average molecular weight is 162 g/mol. The summed E-state index contributed by atoms with van der Waals surface area (Å²) in [5.74, 6) is 0.909. The second kappa shape index (κ2) is 4.81. The van der Waals surface area contributed by atoms with Gasteiger partial charge >= 0.3 is 0 Å². The summed E-state index contributed by atoms with van der Waals surface area (Å²) in [6, 6.07) is 8.11. The van der Waals surface area contributed by atoms with E-state index < -0.39 is 0 Å². The molecule has 1 aromatic rings. The van der Waals surface area contributed by atoms with Crippen molar-refractivity contribution in [3.8, 4) is 5.75 Å². The van der Waals surface area contributed by atoms with Gasteiger partial charge in [0.25, 0.3) is 0 Å². The summed E-state index contributed by atoms with van der Waals surface area (Å²) < 4.78 is 5.05. The monoisotopic (exact) mass is 162 g/mol. The van der Waals surface area contributed by atoms with Crippen molar-refractivity contribution >= 4 is 0 Å². The predicted molar refractivity (Wildman–Crippen MR) is 50.2 cm³/mol. The molecule has 0 aliphatic heterocycles. The van der Waals surface area contributed by atoms with E-state index in [1.54, 1.807) is 7.11 Å². The van der Waals surface area contributed by atoms with E-state index in [9.17, 15) is 0 Å². The number of hydrogen-bond donors (Lipinski definition) is 0. The van der Waals surface area contributed by atoms with E-state index in [0.717, 1.165) is 25.0 Å². The highest BCUT2D eigenvalue weighted by Crippen LogP contribution is 2.12. The first-order valence-corrected chi connectivity index (χ1v) is 4.20. The van der Waals surface area contributed by atoms with Crippen LogP contribution >= 0.6 is 0 Å². The van der Waals surface area contributed by atoms with E-state index in [-0.39, 0.29) is 0 Å². The number of ether oxygens (including phenoxy) is 1. The Morgan fingerprint density at radius 2 is 1.92 bits per heavy atom. The lowest BCUT2D eigenvalue weighted by Crippen LogP contribution is -1.86. The highest BCUT2D eigenvalue weighted by molar-refractivity contribution is 5.27. The fourth-order valence-electron chi connectivity index (χ4n) is 1.10. The molecule has 0 saturated heterocycles. The molecule has 0 atom stereocenters. The maximum Gasteiger partial charge on any atom is 0.118 e. The van der Waals surface area contributed by atoms with Gasteiger partial charge in [-0.2, -0.15) is 0 Å². The van der Waals surface area contributed by atoms with Gasteiger partial charge in [-0.1, -0.05) is 12.1 Å². The van der Waals surface area contributed by atoms with Gasteiger partial charge in [0.05, 0.1) is 7.11 Å². The van der Waals surface area contributed by atoms with Crippen LogP contribution in [0.15, 0.2) is 24.3 Å². The number of aryl methyl sites for hydroxylation is 1. The molecule has 0 N–H and O–H groups in total. The fraction of sp³-hybridized carbons (Fsp3) is 0.364. The van der Waals surface area contributed by atoms with E-state index in [2.05, 4.69) is 12.1 Å². The molecular formula is C11H14O. The zero-order valence-corrected chi connectivity index (χ0v) is 7.42. The standard InChI is InChI=1S/C11H14O/c1-3-4-5-10-6-8-11(12-2)9-7-10/h1,6-9H,3-5H2,2H3. The predicted octanol–water partition coefficient (Wildman–Crippen LogP) is 2.73. The lowest BCUT2D eigenvalue weighted by molar-refractivity contribution is 0.414. The Balaban J connectivity index is 2.53. The van der Waals surface area contributed by atoms with E-state index in [4.69, 9.17) is 11.7 Å². The Morgan fingerprint density at radius 3 is 2.42 bits per heavy atom. The molecule has 1 rings (SSSR count). The lowest BCUT2D eigenvalue weighted by atomic mass is 10.1. The minimum Gasteiger partial charge on any atom is -0.497 e. The summed E-state index contributed by atoms with van der Waals surface area (Å²) in [6.07, 6.45) is 2.86. The van der Waals surface area contributed by atoms with Gasteiger partial charge in [-0.15, -0.1) is 0 Å². The number of hydrogen-bond acceptors (Lipinski definition) is 1. The van der Waals surface area contributed by atoms with Crippen LogP contribution in [0.5, 0.6) is 5.75 Å². The number of methoxy groups -OCH3 is 1. The van der Waals surface area contributed by atoms with Crippen LogP contribution in [-0.2, 0) is 6.42 Å². The van der Waals surface area contributed by atoms with Crippen LogP contribution in [0.1, 0.15) is 18.4 Å². The highest BCUT2D eigenvalue weighted by atomic mass is 16.5. The summed E-state index contributed by atoms with van der Waals surface area (Å²) in [4.78, 5) is 0. The second-order valence-electron chi connectivity index (χ2n) is 2.74. The summed E-state index contributed by atoms with van der Waals surface area (Å²) in [5, 5.41) is 0. The number of benzene rings is 1. The van der Waals surface area contributed by atoms with Crippen LogP contribution in [0.25, 0.3) is 0 Å². The van der Waals surface area contributed by atoms with Crippen molar-refractivity contribution < 1.29 is 4.74 Å². The molecule has 0 spiro atoms. The normalized spacial score (nSPS) is 9.83. The van der Waals surface area contributed by atoms with Crippen LogP contribution in [0, 0.1) is 6.92 Å². The Bertz CT molecular complexity index is 213. The lowest BCUT2D eigenvalue weighted by Gasteiger charge is -2.01. The molecule has 0 fully saturated rings. The van der Waals surface area contributed by atoms with Gasteiger partial charge < -0.3 is 4.74 Å². The van der Waals surface area contributed by atoms with Gasteiger partial charge in [-0.05, 0) is 43.9 Å². The Kier molecular flexibility index (Phi) is 3.65. The smallest absolute Gasteiger partial charge is 0.118 e. The van der Waals surface area contributed by atoms with E-state index in [0.29, 0.717) is 0 Å². The van der Waals surface area contributed by atoms with Crippen molar-refractivity contribution in [3.63, 3.8) is 0 Å². The molecule has 1 nitrogen and oxygen atoms in total. The zero-order valence-electron chi connectivity index (χ0n) is 7.42. The second-order valence-corrected chi connectivity index (χ2v) is 2.74. The third-order valence-corrected chi connectivity index (χ3v) is 1.83. The minimum absolute atomic E-state index is 0.756. The molecule has 0 aliphatic carbocycles. The van der Waals surface area contributed by atoms with Crippen LogP contribution < -0.4 is 4.74 Å². The molecule has 0 bridgehead atoms. The van der Waals surface area contributed by atoms with Crippen molar-refractivity contribution in [2.75, 3.05) is 7.11 Å². The van der Waals surface area contributed by atoms with Crippen molar-refractivity contribution in [1.82, 2.24) is 0 Å². The quantitative estimate of drug-likeness (QED) is 0.661. The molecule has 0 unspecified atom stereocenters. The molecular weight excluding hydrogens is 148 g/mol. The third kappa shape index (κ3) is 2.57. The van der Waals surface area contributed by atoms with Crippen LogP contribution in [0.4, 0.5) is 0 Å². The zero-order chi connectivity index (χ0) is 8.81. The maximum absolute atomic E-state index is 5.41. The summed E-state index contributed by atoms with van der Waals surface area (Å²) >= 11 is 0. The van der Waals surface area contributed by atoms with Crippen molar-refractivity contribution in [3.05, 3.63) is 36.8 Å². The van der Waals surface area contributed by atoms with Gasteiger partial charge in [0, 0.05) is 0 Å².